The van der Waals surface area contributed by atoms with Crippen molar-refractivity contribution in [2.24, 2.45) is 11.5 Å². The van der Waals surface area contributed by atoms with Crippen molar-refractivity contribution in [3.05, 3.63) is 34.4 Å². The Hall–Kier alpha value is -2.19. The zero-order valence-corrected chi connectivity index (χ0v) is 10.9. The van der Waals surface area contributed by atoms with E-state index in [2.05, 4.69) is 0 Å². The van der Waals surface area contributed by atoms with Gasteiger partial charge in [-0.15, -0.1) is 0 Å². The van der Waals surface area contributed by atoms with E-state index >= 15 is 0 Å². The van der Waals surface area contributed by atoms with Gasteiger partial charge in [0.2, 0.25) is 0 Å². The number of nitrogens with two attached hydrogens (primary N) is 2. The third-order valence-corrected chi connectivity index (χ3v) is 2.36. The molecule has 1 aromatic rings. The van der Waals surface area contributed by atoms with Crippen molar-refractivity contribution < 1.29 is 19.9 Å². The van der Waals surface area contributed by atoms with E-state index in [0.29, 0.717) is 13.0 Å². The Kier molecular flexibility index (Phi) is 8.64. The summed E-state index contributed by atoms with van der Waals surface area (Å²) < 4.78 is 0. The molecular formula is C12H19N3O5. The summed E-state index contributed by atoms with van der Waals surface area (Å²) in [4.78, 5) is 19.6. The van der Waals surface area contributed by atoms with Crippen molar-refractivity contribution >= 4 is 11.7 Å². The lowest BCUT2D eigenvalue weighted by Crippen LogP contribution is -2.29. The third-order valence-electron chi connectivity index (χ3n) is 2.36. The van der Waals surface area contributed by atoms with Gasteiger partial charge in [0.1, 0.15) is 6.04 Å². The van der Waals surface area contributed by atoms with Crippen LogP contribution in [-0.4, -0.2) is 33.7 Å². The van der Waals surface area contributed by atoms with Crippen LogP contribution in [0.15, 0.2) is 24.3 Å². The average molecular weight is 285 g/mol. The Labute approximate surface area is 116 Å². The number of hydrogen-bond donors (Lipinski definition) is 4. The molecule has 0 fully saturated rings. The Bertz CT molecular complexity index is 439. The first-order valence-corrected chi connectivity index (χ1v) is 6.01. The van der Waals surface area contributed by atoms with Crippen molar-refractivity contribution in [1.82, 2.24) is 0 Å². The molecule has 0 unspecified atom stereocenters. The molecule has 0 amide bonds. The van der Waals surface area contributed by atoms with Crippen LogP contribution in [-0.2, 0) is 4.79 Å². The summed E-state index contributed by atoms with van der Waals surface area (Å²) >= 11 is 0. The van der Waals surface area contributed by atoms with Gasteiger partial charge in [-0.1, -0.05) is 18.6 Å². The van der Waals surface area contributed by atoms with Crippen molar-refractivity contribution in [2.75, 3.05) is 6.54 Å². The van der Waals surface area contributed by atoms with Gasteiger partial charge in [-0.3, -0.25) is 14.9 Å². The lowest BCUT2D eigenvalue weighted by Gasteiger charge is -2.03. The fourth-order valence-corrected chi connectivity index (χ4v) is 1.25. The number of nitro groups is 1. The number of hydrogen-bond acceptors (Lipinski definition) is 6. The zero-order valence-electron chi connectivity index (χ0n) is 10.9. The Morgan fingerprint density at radius 2 is 1.95 bits per heavy atom. The molecule has 0 aromatic heterocycles. The van der Waals surface area contributed by atoms with Gasteiger partial charge in [0.25, 0.3) is 0 Å². The van der Waals surface area contributed by atoms with Crippen LogP contribution in [0.3, 0.4) is 0 Å². The molecule has 6 N–H and O–H groups in total. The van der Waals surface area contributed by atoms with Gasteiger partial charge in [-0.25, -0.2) is 0 Å². The van der Waals surface area contributed by atoms with Gasteiger partial charge < -0.3 is 21.7 Å². The molecule has 112 valence electrons. The highest BCUT2D eigenvalue weighted by molar-refractivity contribution is 5.72. The lowest BCUT2D eigenvalue weighted by molar-refractivity contribution is -0.385. The number of unbranched alkanes of at least 4 members (excludes halogenated alkanes) is 1. The van der Waals surface area contributed by atoms with Gasteiger partial charge in [0.05, 0.1) is 4.92 Å². The molecule has 8 heteroatoms. The minimum Gasteiger partial charge on any atom is -0.502 e. The number of aromatic hydroxyl groups is 1. The molecule has 0 bridgehead atoms. The molecule has 0 saturated heterocycles. The molecule has 1 atom stereocenters. The quantitative estimate of drug-likeness (QED) is 0.343. The molecule has 0 saturated carbocycles. The number of para-hydroxylation sites is 2. The first-order valence-electron chi connectivity index (χ1n) is 6.01. The molecule has 0 heterocycles. The van der Waals surface area contributed by atoms with E-state index in [1.54, 1.807) is 0 Å². The SMILES string of the molecule is NCCCC[C@H](N)C(=O)O.O=[N+]([O-])c1ccccc1O. The van der Waals surface area contributed by atoms with Crippen molar-refractivity contribution in [1.29, 1.82) is 0 Å². The number of rotatable bonds is 6. The van der Waals surface area contributed by atoms with Crippen LogP contribution >= 0.6 is 0 Å². The molecule has 1 aromatic carbocycles. The largest absolute Gasteiger partial charge is 0.502 e. The molecule has 0 aliphatic heterocycles. The van der Waals surface area contributed by atoms with E-state index in [1.807, 2.05) is 0 Å². The number of carboxylic acids is 1. The first-order chi connectivity index (χ1) is 9.40. The van der Waals surface area contributed by atoms with Gasteiger partial charge in [-0.05, 0) is 25.5 Å². The summed E-state index contributed by atoms with van der Waals surface area (Å²) in [6, 6.07) is 4.83. The molecular weight excluding hydrogens is 266 g/mol. The minimum atomic E-state index is -0.933. The van der Waals surface area contributed by atoms with Crippen LogP contribution in [0.25, 0.3) is 0 Å². The van der Waals surface area contributed by atoms with E-state index in [0.717, 1.165) is 12.8 Å². The minimum absolute atomic E-state index is 0.262. The summed E-state index contributed by atoms with van der Waals surface area (Å²) in [6.45, 7) is 0.604. The number of phenols is 1. The lowest BCUT2D eigenvalue weighted by atomic mass is 10.1. The zero-order chi connectivity index (χ0) is 15.5. The Morgan fingerprint density at radius 1 is 1.35 bits per heavy atom. The molecule has 0 aliphatic carbocycles. The second kappa shape index (κ2) is 9.70. The number of benzene rings is 1. The van der Waals surface area contributed by atoms with E-state index in [-0.39, 0.29) is 11.4 Å². The molecule has 0 aliphatic rings. The maximum absolute atomic E-state index is 10.1. The monoisotopic (exact) mass is 285 g/mol. The standard InChI is InChI=1S/C6H14N2O2.C6H5NO3/c7-4-2-1-3-5(8)6(9)10;8-6-4-2-1-3-5(6)7(9)10/h5H,1-4,7-8H2,(H,9,10);1-4,8H/t5-;/m0./s1. The highest BCUT2D eigenvalue weighted by atomic mass is 16.6. The Morgan fingerprint density at radius 3 is 2.35 bits per heavy atom. The van der Waals surface area contributed by atoms with Gasteiger partial charge in [-0.2, -0.15) is 0 Å². The van der Waals surface area contributed by atoms with Gasteiger partial charge in [0.15, 0.2) is 5.75 Å². The van der Waals surface area contributed by atoms with Crippen LogP contribution in [0, 0.1) is 10.1 Å². The first kappa shape index (κ1) is 17.8. The summed E-state index contributed by atoms with van der Waals surface area (Å²) in [5.41, 5.74) is 10.2. The summed E-state index contributed by atoms with van der Waals surface area (Å²) in [5, 5.41) is 27.2. The number of nitro benzene ring substituents is 1. The molecule has 0 spiro atoms. The molecule has 8 nitrogen and oxygen atoms in total. The maximum Gasteiger partial charge on any atom is 0.320 e. The van der Waals surface area contributed by atoms with E-state index in [1.165, 1.54) is 24.3 Å². The number of aliphatic carboxylic acids is 1. The number of carbonyl (C=O) groups is 1. The summed E-state index contributed by atoms with van der Waals surface area (Å²) in [6.07, 6.45) is 2.16. The van der Waals surface area contributed by atoms with Gasteiger partial charge >= 0.3 is 11.7 Å². The number of phenolic OH excluding ortho intramolecular Hbond substituents is 1. The highest BCUT2D eigenvalue weighted by Crippen LogP contribution is 2.23. The van der Waals surface area contributed by atoms with E-state index in [9.17, 15) is 14.9 Å². The molecule has 0 radical (unpaired) electrons. The fourth-order valence-electron chi connectivity index (χ4n) is 1.25. The van der Waals surface area contributed by atoms with Crippen molar-refractivity contribution in [3.63, 3.8) is 0 Å². The fraction of sp³-hybridized carbons (Fsp3) is 0.417. The van der Waals surface area contributed by atoms with Gasteiger partial charge in [0, 0.05) is 6.07 Å². The molecule has 20 heavy (non-hydrogen) atoms. The predicted octanol–water partition coefficient (Wildman–Crippen LogP) is 0.828. The van der Waals surface area contributed by atoms with Crippen molar-refractivity contribution in [2.45, 2.75) is 25.3 Å². The highest BCUT2D eigenvalue weighted by Gasteiger charge is 2.09. The van der Waals surface area contributed by atoms with Crippen LogP contribution < -0.4 is 11.5 Å². The topological polar surface area (TPSA) is 153 Å². The van der Waals surface area contributed by atoms with Crippen LogP contribution in [0.2, 0.25) is 0 Å². The third kappa shape index (κ3) is 7.29. The van der Waals surface area contributed by atoms with Crippen LogP contribution in [0.4, 0.5) is 5.69 Å². The molecule has 1 rings (SSSR count). The van der Waals surface area contributed by atoms with E-state index < -0.39 is 16.9 Å². The Balaban J connectivity index is 0.000000361. The van der Waals surface area contributed by atoms with E-state index in [4.69, 9.17) is 21.7 Å². The summed E-state index contributed by atoms with van der Waals surface area (Å²) in [5.74, 6) is -1.23. The number of nitrogens with zero attached hydrogens (tertiary/aromatic N) is 1. The normalized spacial score (nSPS) is 11.1. The van der Waals surface area contributed by atoms with Crippen LogP contribution in [0.1, 0.15) is 19.3 Å². The predicted molar refractivity (Wildman–Crippen MR) is 73.3 cm³/mol. The number of carboxylic acid groups (broad SMARTS) is 1. The smallest absolute Gasteiger partial charge is 0.320 e. The second-order valence-electron chi connectivity index (χ2n) is 3.98. The second-order valence-corrected chi connectivity index (χ2v) is 3.98. The maximum atomic E-state index is 10.1. The average Bonchev–Trinajstić information content (AvgIpc) is 2.39. The van der Waals surface area contributed by atoms with Crippen molar-refractivity contribution in [3.8, 4) is 5.75 Å². The van der Waals surface area contributed by atoms with Crippen LogP contribution in [0.5, 0.6) is 5.75 Å². The summed E-state index contributed by atoms with van der Waals surface area (Å²) in [7, 11) is 0.